The standard InChI is InChI=1S/C22H21N3O5S2/c1-15-4-7-18(25(27)28)14-21(15)23-22(26)16-5-8-17(9-6-16)24(2)32(29,30)20-12-10-19(31-3)11-13-20/h4-14H,1-3H3,(H,23,26). The van der Waals surface area contributed by atoms with Gasteiger partial charge in [-0.25, -0.2) is 8.42 Å². The number of benzene rings is 3. The third-order valence-corrected chi connectivity index (χ3v) is 7.43. The third kappa shape index (κ3) is 4.92. The van der Waals surface area contributed by atoms with Gasteiger partial charge in [-0.05, 0) is 67.3 Å². The first kappa shape index (κ1) is 23.3. The van der Waals surface area contributed by atoms with E-state index in [0.29, 0.717) is 16.9 Å². The molecule has 0 bridgehead atoms. The van der Waals surface area contributed by atoms with Gasteiger partial charge < -0.3 is 5.32 Å². The second kappa shape index (κ2) is 9.41. The molecule has 3 rings (SSSR count). The predicted molar refractivity (Wildman–Crippen MR) is 126 cm³/mol. The molecule has 1 amide bonds. The van der Waals surface area contributed by atoms with Gasteiger partial charge in [-0.3, -0.25) is 19.2 Å². The number of nitro groups is 1. The molecular weight excluding hydrogens is 450 g/mol. The first-order valence-corrected chi connectivity index (χ1v) is 12.1. The Kier molecular flexibility index (Phi) is 6.85. The molecule has 0 spiro atoms. The van der Waals surface area contributed by atoms with Gasteiger partial charge in [-0.1, -0.05) is 6.07 Å². The van der Waals surface area contributed by atoms with Crippen LogP contribution >= 0.6 is 11.8 Å². The van der Waals surface area contributed by atoms with E-state index in [-0.39, 0.29) is 16.1 Å². The van der Waals surface area contributed by atoms with Gasteiger partial charge in [-0.2, -0.15) is 0 Å². The van der Waals surface area contributed by atoms with Gasteiger partial charge in [0.1, 0.15) is 0 Å². The first-order chi connectivity index (χ1) is 15.1. The topological polar surface area (TPSA) is 110 Å². The summed E-state index contributed by atoms with van der Waals surface area (Å²) in [5, 5.41) is 13.6. The van der Waals surface area contributed by atoms with Gasteiger partial charge in [0.05, 0.1) is 21.2 Å². The largest absolute Gasteiger partial charge is 0.321 e. The minimum absolute atomic E-state index is 0.126. The molecule has 8 nitrogen and oxygen atoms in total. The fraction of sp³-hybridized carbons (Fsp3) is 0.136. The maximum Gasteiger partial charge on any atom is 0.271 e. The SMILES string of the molecule is CSc1ccc(S(=O)(=O)N(C)c2ccc(C(=O)Nc3cc([N+](=O)[O-])ccc3C)cc2)cc1. The molecule has 0 aliphatic carbocycles. The third-order valence-electron chi connectivity index (χ3n) is 4.89. The zero-order chi connectivity index (χ0) is 23.5. The van der Waals surface area contributed by atoms with E-state index < -0.39 is 20.9 Å². The fourth-order valence-electron chi connectivity index (χ4n) is 2.92. The quantitative estimate of drug-likeness (QED) is 0.304. The van der Waals surface area contributed by atoms with Crippen LogP contribution in [0.5, 0.6) is 0 Å². The maximum absolute atomic E-state index is 12.9. The summed E-state index contributed by atoms with van der Waals surface area (Å²) in [6, 6.07) is 16.9. The number of carbonyl (C=O) groups excluding carboxylic acids is 1. The Morgan fingerprint density at radius 2 is 1.66 bits per heavy atom. The molecular formula is C22H21N3O5S2. The molecule has 0 heterocycles. The molecule has 0 saturated heterocycles. The minimum Gasteiger partial charge on any atom is -0.321 e. The molecule has 32 heavy (non-hydrogen) atoms. The van der Waals surface area contributed by atoms with Crippen molar-refractivity contribution in [1.29, 1.82) is 0 Å². The van der Waals surface area contributed by atoms with Crippen LogP contribution in [0.15, 0.2) is 76.5 Å². The molecule has 0 radical (unpaired) electrons. The second-order valence-electron chi connectivity index (χ2n) is 6.91. The normalized spacial score (nSPS) is 11.1. The molecule has 0 unspecified atom stereocenters. The van der Waals surface area contributed by atoms with Crippen LogP contribution in [0, 0.1) is 17.0 Å². The van der Waals surface area contributed by atoms with E-state index in [1.54, 1.807) is 37.3 Å². The number of hydrogen-bond acceptors (Lipinski definition) is 6. The monoisotopic (exact) mass is 471 g/mol. The number of hydrogen-bond donors (Lipinski definition) is 1. The summed E-state index contributed by atoms with van der Waals surface area (Å²) in [5.41, 5.74) is 1.57. The Morgan fingerprint density at radius 3 is 2.22 bits per heavy atom. The molecule has 3 aromatic carbocycles. The van der Waals surface area contributed by atoms with Crippen molar-refractivity contribution in [3.05, 3.63) is 88.0 Å². The molecule has 0 fully saturated rings. The molecule has 166 valence electrons. The van der Waals surface area contributed by atoms with Crippen molar-refractivity contribution in [2.75, 3.05) is 22.9 Å². The van der Waals surface area contributed by atoms with Crippen LogP contribution in [0.25, 0.3) is 0 Å². The molecule has 0 aliphatic rings. The van der Waals surface area contributed by atoms with Crippen LogP contribution in [0.3, 0.4) is 0 Å². The van der Waals surface area contributed by atoms with Crippen molar-refractivity contribution >= 4 is 44.8 Å². The second-order valence-corrected chi connectivity index (χ2v) is 9.75. The number of rotatable bonds is 7. The van der Waals surface area contributed by atoms with Crippen molar-refractivity contribution in [3.63, 3.8) is 0 Å². The first-order valence-electron chi connectivity index (χ1n) is 9.43. The molecule has 0 saturated carbocycles. The van der Waals surface area contributed by atoms with E-state index in [0.717, 1.165) is 9.20 Å². The van der Waals surface area contributed by atoms with E-state index in [4.69, 9.17) is 0 Å². The average Bonchev–Trinajstić information content (AvgIpc) is 2.79. The number of amides is 1. The highest BCUT2D eigenvalue weighted by molar-refractivity contribution is 7.98. The summed E-state index contributed by atoms with van der Waals surface area (Å²) in [4.78, 5) is 24.2. The number of sulfonamides is 1. The predicted octanol–water partition coefficient (Wildman–Crippen LogP) is 4.70. The lowest BCUT2D eigenvalue weighted by molar-refractivity contribution is -0.384. The lowest BCUT2D eigenvalue weighted by atomic mass is 10.1. The van der Waals surface area contributed by atoms with E-state index in [1.165, 1.54) is 55.2 Å². The summed E-state index contributed by atoms with van der Waals surface area (Å²) in [6.45, 7) is 1.73. The van der Waals surface area contributed by atoms with Crippen LogP contribution in [-0.4, -0.2) is 32.6 Å². The van der Waals surface area contributed by atoms with Crippen molar-refractivity contribution in [1.82, 2.24) is 0 Å². The van der Waals surface area contributed by atoms with Gasteiger partial charge in [-0.15, -0.1) is 11.8 Å². The van der Waals surface area contributed by atoms with Gasteiger partial charge in [0.15, 0.2) is 0 Å². The molecule has 1 N–H and O–H groups in total. The Labute approximate surface area is 190 Å². The van der Waals surface area contributed by atoms with Gasteiger partial charge >= 0.3 is 0 Å². The van der Waals surface area contributed by atoms with Crippen LogP contribution in [0.1, 0.15) is 15.9 Å². The van der Waals surface area contributed by atoms with Gasteiger partial charge in [0, 0.05) is 29.6 Å². The number of non-ortho nitro benzene ring substituents is 1. The van der Waals surface area contributed by atoms with Crippen molar-refractivity contribution in [3.8, 4) is 0 Å². The van der Waals surface area contributed by atoms with Gasteiger partial charge in [0.25, 0.3) is 21.6 Å². The number of thioether (sulfide) groups is 1. The maximum atomic E-state index is 12.9. The Morgan fingerprint density at radius 1 is 1.03 bits per heavy atom. The summed E-state index contributed by atoms with van der Waals surface area (Å²) < 4.78 is 26.9. The molecule has 0 atom stereocenters. The lowest BCUT2D eigenvalue weighted by Gasteiger charge is -2.20. The van der Waals surface area contributed by atoms with Gasteiger partial charge in [0.2, 0.25) is 0 Å². The van der Waals surface area contributed by atoms with E-state index in [9.17, 15) is 23.3 Å². The molecule has 10 heteroatoms. The number of anilines is 2. The van der Waals surface area contributed by atoms with Crippen LogP contribution < -0.4 is 9.62 Å². The fourth-order valence-corrected chi connectivity index (χ4v) is 4.52. The van der Waals surface area contributed by atoms with Crippen molar-refractivity contribution in [2.45, 2.75) is 16.7 Å². The zero-order valence-electron chi connectivity index (χ0n) is 17.6. The Balaban J connectivity index is 1.78. The number of aryl methyl sites for hydroxylation is 1. The highest BCUT2D eigenvalue weighted by atomic mass is 32.2. The number of nitrogens with zero attached hydrogens (tertiary/aromatic N) is 2. The minimum atomic E-state index is -3.76. The Hall–Kier alpha value is -3.37. The highest BCUT2D eigenvalue weighted by Gasteiger charge is 2.21. The van der Waals surface area contributed by atoms with Crippen LogP contribution in [-0.2, 0) is 10.0 Å². The van der Waals surface area contributed by atoms with Crippen molar-refractivity contribution in [2.24, 2.45) is 0 Å². The molecule has 0 aliphatic heterocycles. The summed E-state index contributed by atoms with van der Waals surface area (Å²) in [6.07, 6.45) is 1.91. The molecule has 0 aromatic heterocycles. The number of nitrogens with one attached hydrogen (secondary N) is 1. The lowest BCUT2D eigenvalue weighted by Crippen LogP contribution is -2.26. The van der Waals surface area contributed by atoms with Crippen LogP contribution in [0.2, 0.25) is 0 Å². The van der Waals surface area contributed by atoms with E-state index >= 15 is 0 Å². The smallest absolute Gasteiger partial charge is 0.271 e. The van der Waals surface area contributed by atoms with E-state index in [1.807, 2.05) is 6.26 Å². The number of carbonyl (C=O) groups is 1. The summed E-state index contributed by atoms with van der Waals surface area (Å²) >= 11 is 1.52. The summed E-state index contributed by atoms with van der Waals surface area (Å²) in [7, 11) is -2.31. The van der Waals surface area contributed by atoms with E-state index in [2.05, 4.69) is 5.32 Å². The Bertz CT molecular complexity index is 1260. The van der Waals surface area contributed by atoms with Crippen molar-refractivity contribution < 1.29 is 18.1 Å². The average molecular weight is 472 g/mol. The molecule has 3 aromatic rings. The zero-order valence-corrected chi connectivity index (χ0v) is 19.2. The summed E-state index contributed by atoms with van der Waals surface area (Å²) in [5.74, 6) is -0.460. The van der Waals surface area contributed by atoms with Crippen LogP contribution in [0.4, 0.5) is 17.1 Å². The highest BCUT2D eigenvalue weighted by Crippen LogP contribution is 2.26. The number of nitro benzene ring substituents is 1.